The summed E-state index contributed by atoms with van der Waals surface area (Å²) >= 11 is 1.27. The molecule has 3 aromatic heterocycles. The first-order valence-corrected chi connectivity index (χ1v) is 13.6. The SMILES string of the molecule is CCCOc1ccc(C2C(=C(O)c3c(C)nc4ccccn34)C(=O)C(=O)N2c2nc3ccc(OC)cc3s2)cc1. The quantitative estimate of drug-likeness (QED) is 0.157. The number of aromatic nitrogens is 3. The van der Waals surface area contributed by atoms with Gasteiger partial charge in [0.15, 0.2) is 10.9 Å². The van der Waals surface area contributed by atoms with Crippen molar-refractivity contribution < 1.29 is 24.2 Å². The largest absolute Gasteiger partial charge is 0.505 e. The normalized spacial score (nSPS) is 16.8. The minimum Gasteiger partial charge on any atom is -0.505 e. The Hall–Kier alpha value is -4.70. The molecule has 1 N–H and O–H groups in total. The molecule has 5 aromatic rings. The molecule has 1 amide bonds. The van der Waals surface area contributed by atoms with E-state index in [1.807, 2.05) is 31.2 Å². The van der Waals surface area contributed by atoms with E-state index < -0.39 is 17.7 Å². The molecule has 0 radical (unpaired) electrons. The molecule has 1 aliphatic rings. The number of amides is 1. The Morgan fingerprint density at radius 1 is 1.05 bits per heavy atom. The number of benzene rings is 2. The van der Waals surface area contributed by atoms with Gasteiger partial charge in [-0.2, -0.15) is 0 Å². The van der Waals surface area contributed by atoms with E-state index in [9.17, 15) is 14.7 Å². The molecule has 9 nitrogen and oxygen atoms in total. The van der Waals surface area contributed by atoms with Crippen LogP contribution in [-0.4, -0.2) is 44.9 Å². The van der Waals surface area contributed by atoms with Crippen LogP contribution in [0.4, 0.5) is 5.13 Å². The number of anilines is 1. The molecular weight excluding hydrogens is 528 g/mol. The number of imidazole rings is 1. The fourth-order valence-corrected chi connectivity index (χ4v) is 5.98. The van der Waals surface area contributed by atoms with Crippen molar-refractivity contribution in [1.82, 2.24) is 14.4 Å². The number of carbonyl (C=O) groups is 2. The molecule has 202 valence electrons. The van der Waals surface area contributed by atoms with Crippen molar-refractivity contribution in [3.63, 3.8) is 0 Å². The van der Waals surface area contributed by atoms with Gasteiger partial charge in [-0.25, -0.2) is 9.97 Å². The van der Waals surface area contributed by atoms with Crippen LogP contribution in [0.1, 0.15) is 36.3 Å². The minimum absolute atomic E-state index is 0.0298. The number of carbonyl (C=O) groups excluding carboxylic acids is 2. The second-order valence-electron chi connectivity index (χ2n) is 9.39. The molecular formula is C30H26N4O5S. The topological polar surface area (TPSA) is 106 Å². The Morgan fingerprint density at radius 3 is 2.58 bits per heavy atom. The third kappa shape index (κ3) is 4.17. The number of fused-ring (bicyclic) bond motifs is 2. The molecule has 2 aromatic carbocycles. The molecule has 0 spiro atoms. The zero-order chi connectivity index (χ0) is 28.0. The second-order valence-corrected chi connectivity index (χ2v) is 10.4. The highest BCUT2D eigenvalue weighted by molar-refractivity contribution is 7.22. The second kappa shape index (κ2) is 10.1. The number of aliphatic hydroxyl groups is 1. The highest BCUT2D eigenvalue weighted by Crippen LogP contribution is 2.45. The summed E-state index contributed by atoms with van der Waals surface area (Å²) in [5.74, 6) is -0.526. The number of hydrogen-bond acceptors (Lipinski definition) is 8. The van der Waals surface area contributed by atoms with Gasteiger partial charge in [-0.3, -0.25) is 18.9 Å². The van der Waals surface area contributed by atoms with Gasteiger partial charge in [-0.1, -0.05) is 36.5 Å². The van der Waals surface area contributed by atoms with E-state index in [2.05, 4.69) is 9.97 Å². The maximum absolute atomic E-state index is 13.7. The molecule has 6 rings (SSSR count). The van der Waals surface area contributed by atoms with Crippen LogP contribution in [-0.2, 0) is 9.59 Å². The van der Waals surface area contributed by atoms with E-state index in [4.69, 9.17) is 9.47 Å². The van der Waals surface area contributed by atoms with E-state index in [-0.39, 0.29) is 11.3 Å². The molecule has 1 aliphatic heterocycles. The van der Waals surface area contributed by atoms with E-state index in [1.165, 1.54) is 16.2 Å². The summed E-state index contributed by atoms with van der Waals surface area (Å²) < 4.78 is 13.6. The Labute approximate surface area is 233 Å². The molecule has 4 heterocycles. The summed E-state index contributed by atoms with van der Waals surface area (Å²) in [5.41, 5.74) is 2.78. The zero-order valence-electron chi connectivity index (χ0n) is 22.1. The number of aryl methyl sites for hydroxylation is 1. The number of ether oxygens (including phenoxy) is 2. The highest BCUT2D eigenvalue weighted by atomic mass is 32.1. The summed E-state index contributed by atoms with van der Waals surface area (Å²) in [6.07, 6.45) is 2.62. The van der Waals surface area contributed by atoms with Crippen LogP contribution in [0.3, 0.4) is 0 Å². The van der Waals surface area contributed by atoms with Crippen molar-refractivity contribution in [1.29, 1.82) is 0 Å². The van der Waals surface area contributed by atoms with Crippen LogP contribution >= 0.6 is 11.3 Å². The van der Waals surface area contributed by atoms with E-state index >= 15 is 0 Å². The van der Waals surface area contributed by atoms with Gasteiger partial charge in [0.05, 0.1) is 41.2 Å². The number of ketones is 1. The number of Topliss-reactive ketones (excluding diaryl/α,β-unsaturated/α-hetero) is 1. The molecule has 0 aliphatic carbocycles. The Kier molecular flexibility index (Phi) is 6.47. The van der Waals surface area contributed by atoms with Crippen LogP contribution in [0.15, 0.2) is 72.4 Å². The third-order valence-electron chi connectivity index (χ3n) is 6.83. The first-order valence-electron chi connectivity index (χ1n) is 12.8. The standard InChI is InChI=1S/C30H26N4O5S/c1-4-15-39-19-10-8-18(9-11-19)26-24(27(35)25-17(2)31-23-7-5-6-14-33(23)25)28(36)29(37)34(26)30-32-21-13-12-20(38-3)16-22(21)40-30/h5-14,16,26,35H,4,15H2,1-3H3. The number of methoxy groups -OCH3 is 1. The van der Waals surface area contributed by atoms with Crippen molar-refractivity contribution in [2.24, 2.45) is 0 Å². The minimum atomic E-state index is -0.920. The predicted octanol–water partition coefficient (Wildman–Crippen LogP) is 5.68. The zero-order valence-corrected chi connectivity index (χ0v) is 22.9. The first-order chi connectivity index (χ1) is 19.4. The molecule has 40 heavy (non-hydrogen) atoms. The predicted molar refractivity (Wildman–Crippen MR) is 153 cm³/mol. The summed E-state index contributed by atoms with van der Waals surface area (Å²) in [6.45, 7) is 4.35. The monoisotopic (exact) mass is 554 g/mol. The number of hydrogen-bond donors (Lipinski definition) is 1. The summed E-state index contributed by atoms with van der Waals surface area (Å²) in [7, 11) is 1.58. The number of thiazole rings is 1. The Bertz CT molecular complexity index is 1800. The van der Waals surface area contributed by atoms with Crippen LogP contribution in [0, 0.1) is 6.92 Å². The van der Waals surface area contributed by atoms with Crippen molar-refractivity contribution >= 4 is 49.8 Å². The van der Waals surface area contributed by atoms with Gasteiger partial charge in [0.1, 0.15) is 22.8 Å². The number of aliphatic hydroxyl groups excluding tert-OH is 1. The van der Waals surface area contributed by atoms with Gasteiger partial charge < -0.3 is 14.6 Å². The highest BCUT2D eigenvalue weighted by Gasteiger charge is 2.48. The fourth-order valence-electron chi connectivity index (χ4n) is 4.96. The lowest BCUT2D eigenvalue weighted by atomic mass is 9.96. The average molecular weight is 555 g/mol. The summed E-state index contributed by atoms with van der Waals surface area (Å²) in [4.78, 5) is 37.9. The average Bonchev–Trinajstić information content (AvgIpc) is 3.62. The molecule has 1 atom stereocenters. The molecule has 0 saturated carbocycles. The van der Waals surface area contributed by atoms with Gasteiger partial charge in [0, 0.05) is 6.20 Å². The summed E-state index contributed by atoms with van der Waals surface area (Å²) in [6, 6.07) is 17.2. The number of rotatable bonds is 7. The van der Waals surface area contributed by atoms with Crippen LogP contribution < -0.4 is 14.4 Å². The van der Waals surface area contributed by atoms with Crippen molar-refractivity contribution in [2.75, 3.05) is 18.6 Å². The molecule has 1 fully saturated rings. The Balaban J connectivity index is 1.55. The maximum atomic E-state index is 13.7. The first kappa shape index (κ1) is 25.6. The summed E-state index contributed by atoms with van der Waals surface area (Å²) in [5, 5.41) is 12.1. The van der Waals surface area contributed by atoms with Crippen molar-refractivity contribution in [3.8, 4) is 11.5 Å². The van der Waals surface area contributed by atoms with Crippen LogP contribution in [0.5, 0.6) is 11.5 Å². The van der Waals surface area contributed by atoms with E-state index in [0.29, 0.717) is 51.4 Å². The smallest absolute Gasteiger partial charge is 0.301 e. The van der Waals surface area contributed by atoms with E-state index in [0.717, 1.165) is 11.1 Å². The lowest BCUT2D eigenvalue weighted by molar-refractivity contribution is -0.132. The molecule has 10 heteroatoms. The maximum Gasteiger partial charge on any atom is 0.301 e. The Morgan fingerprint density at radius 2 is 1.82 bits per heavy atom. The number of nitrogens with zero attached hydrogens (tertiary/aromatic N) is 4. The number of pyridine rings is 1. The lowest BCUT2D eigenvalue weighted by Gasteiger charge is -2.23. The van der Waals surface area contributed by atoms with E-state index in [1.54, 1.807) is 61.0 Å². The molecule has 1 unspecified atom stereocenters. The fraction of sp³-hybridized carbons (Fsp3) is 0.200. The molecule has 1 saturated heterocycles. The van der Waals surface area contributed by atoms with Gasteiger partial charge in [0.2, 0.25) is 0 Å². The van der Waals surface area contributed by atoms with Crippen LogP contribution in [0.25, 0.3) is 21.6 Å². The lowest BCUT2D eigenvalue weighted by Crippen LogP contribution is -2.29. The van der Waals surface area contributed by atoms with Gasteiger partial charge in [-0.05, 0) is 61.4 Å². The van der Waals surface area contributed by atoms with Gasteiger partial charge in [-0.15, -0.1) is 0 Å². The van der Waals surface area contributed by atoms with Crippen LogP contribution in [0.2, 0.25) is 0 Å². The molecule has 0 bridgehead atoms. The van der Waals surface area contributed by atoms with Crippen molar-refractivity contribution in [3.05, 3.63) is 89.4 Å². The third-order valence-corrected chi connectivity index (χ3v) is 7.85. The van der Waals surface area contributed by atoms with Crippen molar-refractivity contribution in [2.45, 2.75) is 26.3 Å². The van der Waals surface area contributed by atoms with Gasteiger partial charge in [0.25, 0.3) is 5.78 Å². The van der Waals surface area contributed by atoms with Gasteiger partial charge >= 0.3 is 5.91 Å².